The van der Waals surface area contributed by atoms with Crippen LogP contribution in [0.4, 0.5) is 0 Å². The lowest BCUT2D eigenvalue weighted by Gasteiger charge is -2.38. The number of para-hydroxylation sites is 1. The molecule has 0 N–H and O–H groups in total. The molecule has 138 valence electrons. The minimum Gasteiger partial charge on any atom is -0.496 e. The smallest absolute Gasteiger partial charge is 0.259 e. The van der Waals surface area contributed by atoms with Crippen molar-refractivity contribution in [1.29, 1.82) is 0 Å². The molecule has 2 heterocycles. The highest BCUT2D eigenvalue weighted by Crippen LogP contribution is 2.24. The van der Waals surface area contributed by atoms with Gasteiger partial charge in [-0.25, -0.2) is 8.42 Å². The number of methoxy groups -OCH3 is 1. The van der Waals surface area contributed by atoms with E-state index in [-0.39, 0.29) is 41.6 Å². The van der Waals surface area contributed by atoms with Gasteiger partial charge in [-0.05, 0) is 12.1 Å². The van der Waals surface area contributed by atoms with Crippen molar-refractivity contribution in [3.63, 3.8) is 0 Å². The fourth-order valence-corrected chi connectivity index (χ4v) is 4.16. The van der Waals surface area contributed by atoms with E-state index >= 15 is 0 Å². The topological polar surface area (TPSA) is 85.7 Å². The first-order chi connectivity index (χ1) is 12.4. The lowest BCUT2D eigenvalue weighted by atomic mass is 10.1. The van der Waals surface area contributed by atoms with Crippen LogP contribution in [0.3, 0.4) is 0 Å². The molecule has 1 saturated heterocycles. The third-order valence-corrected chi connectivity index (χ3v) is 6.66. The SMILES string of the molecule is CCS(=O)(=O)C1CN(C(=O)c2cn(-c3ccccc3)c(=O)cc2OC)C1. The third kappa shape index (κ3) is 3.24. The summed E-state index contributed by atoms with van der Waals surface area (Å²) in [5.74, 6) is -0.120. The number of hydrogen-bond donors (Lipinski definition) is 0. The molecule has 26 heavy (non-hydrogen) atoms. The van der Waals surface area contributed by atoms with Crippen molar-refractivity contribution in [1.82, 2.24) is 9.47 Å². The van der Waals surface area contributed by atoms with Crippen LogP contribution in [0.25, 0.3) is 5.69 Å². The van der Waals surface area contributed by atoms with Gasteiger partial charge in [0.2, 0.25) is 0 Å². The fourth-order valence-electron chi connectivity index (χ4n) is 2.87. The maximum absolute atomic E-state index is 12.8. The Kier molecular flexibility index (Phi) is 4.86. The van der Waals surface area contributed by atoms with Gasteiger partial charge in [0.15, 0.2) is 9.84 Å². The first-order valence-corrected chi connectivity index (χ1v) is 9.96. The molecular formula is C18H20N2O5S. The van der Waals surface area contributed by atoms with Crippen molar-refractivity contribution in [3.05, 3.63) is 58.5 Å². The predicted molar refractivity (Wildman–Crippen MR) is 97.7 cm³/mol. The van der Waals surface area contributed by atoms with Gasteiger partial charge in [0.05, 0.1) is 17.9 Å². The second-order valence-corrected chi connectivity index (χ2v) is 8.65. The Morgan fingerprint density at radius 3 is 2.46 bits per heavy atom. The van der Waals surface area contributed by atoms with Crippen molar-refractivity contribution in [2.45, 2.75) is 12.2 Å². The number of ether oxygens (including phenoxy) is 1. The average Bonchev–Trinajstić information content (AvgIpc) is 2.60. The third-order valence-electron chi connectivity index (χ3n) is 4.55. The number of pyridine rings is 1. The number of aromatic nitrogens is 1. The molecule has 1 aromatic heterocycles. The molecule has 1 aliphatic heterocycles. The van der Waals surface area contributed by atoms with Crippen LogP contribution in [-0.4, -0.2) is 55.0 Å². The van der Waals surface area contributed by atoms with E-state index in [0.717, 1.165) is 0 Å². The van der Waals surface area contributed by atoms with E-state index in [4.69, 9.17) is 4.74 Å². The number of likely N-dealkylation sites (tertiary alicyclic amines) is 1. The second-order valence-electron chi connectivity index (χ2n) is 6.08. The Morgan fingerprint density at radius 2 is 1.88 bits per heavy atom. The van der Waals surface area contributed by atoms with Gasteiger partial charge in [0, 0.05) is 36.8 Å². The molecule has 3 rings (SSSR count). The summed E-state index contributed by atoms with van der Waals surface area (Å²) in [4.78, 5) is 26.6. The zero-order chi connectivity index (χ0) is 18.9. The van der Waals surface area contributed by atoms with E-state index in [1.807, 2.05) is 6.07 Å². The van der Waals surface area contributed by atoms with Gasteiger partial charge in [-0.15, -0.1) is 0 Å². The molecule has 1 fully saturated rings. The molecule has 1 aromatic carbocycles. The predicted octanol–water partition coefficient (Wildman–Crippen LogP) is 1.11. The molecule has 7 nitrogen and oxygen atoms in total. The Morgan fingerprint density at radius 1 is 1.23 bits per heavy atom. The summed E-state index contributed by atoms with van der Waals surface area (Å²) in [6.45, 7) is 1.91. The number of hydrogen-bond acceptors (Lipinski definition) is 5. The van der Waals surface area contributed by atoms with Gasteiger partial charge in [-0.1, -0.05) is 25.1 Å². The summed E-state index contributed by atoms with van der Waals surface area (Å²) >= 11 is 0. The maximum Gasteiger partial charge on any atom is 0.259 e. The lowest BCUT2D eigenvalue weighted by molar-refractivity contribution is 0.0654. The second kappa shape index (κ2) is 6.95. The van der Waals surface area contributed by atoms with Crippen LogP contribution in [0.15, 0.2) is 47.4 Å². The van der Waals surface area contributed by atoms with Gasteiger partial charge in [-0.3, -0.25) is 14.2 Å². The van der Waals surface area contributed by atoms with Crippen molar-refractivity contribution in [2.75, 3.05) is 26.0 Å². The average molecular weight is 376 g/mol. The van der Waals surface area contributed by atoms with Gasteiger partial charge < -0.3 is 9.64 Å². The van der Waals surface area contributed by atoms with Crippen LogP contribution >= 0.6 is 0 Å². The van der Waals surface area contributed by atoms with E-state index in [0.29, 0.717) is 5.69 Å². The largest absolute Gasteiger partial charge is 0.496 e. The Balaban J connectivity index is 1.92. The Labute approximate surface area is 151 Å². The standard InChI is InChI=1S/C18H20N2O5S/c1-3-26(23,24)14-10-19(11-14)18(22)15-12-20(13-7-5-4-6-8-13)17(21)9-16(15)25-2/h4-9,12,14H,3,10-11H2,1-2H3. The number of carbonyl (C=O) groups is 1. The van der Waals surface area contributed by atoms with E-state index in [1.54, 1.807) is 31.2 Å². The fraction of sp³-hybridized carbons (Fsp3) is 0.333. The van der Waals surface area contributed by atoms with Crippen molar-refractivity contribution >= 4 is 15.7 Å². The molecular weight excluding hydrogens is 356 g/mol. The number of benzene rings is 1. The van der Waals surface area contributed by atoms with Gasteiger partial charge in [0.1, 0.15) is 5.75 Å². The molecule has 8 heteroatoms. The van der Waals surface area contributed by atoms with Crippen LogP contribution in [0.2, 0.25) is 0 Å². The first kappa shape index (κ1) is 18.2. The van der Waals surface area contributed by atoms with Crippen LogP contribution in [0.1, 0.15) is 17.3 Å². The quantitative estimate of drug-likeness (QED) is 0.780. The number of sulfone groups is 1. The molecule has 0 spiro atoms. The van der Waals surface area contributed by atoms with Crippen LogP contribution < -0.4 is 10.3 Å². The number of carbonyl (C=O) groups excluding carboxylic acids is 1. The van der Waals surface area contributed by atoms with Gasteiger partial charge in [-0.2, -0.15) is 0 Å². The van der Waals surface area contributed by atoms with E-state index in [1.165, 1.54) is 28.8 Å². The summed E-state index contributed by atoms with van der Waals surface area (Å²) in [5.41, 5.74) is 0.534. The van der Waals surface area contributed by atoms with E-state index < -0.39 is 15.1 Å². The normalized spacial score (nSPS) is 14.8. The van der Waals surface area contributed by atoms with Crippen molar-refractivity contribution in [2.24, 2.45) is 0 Å². The van der Waals surface area contributed by atoms with Crippen LogP contribution in [0.5, 0.6) is 5.75 Å². The summed E-state index contributed by atoms with van der Waals surface area (Å²) in [6.07, 6.45) is 1.44. The summed E-state index contributed by atoms with van der Waals surface area (Å²) in [6, 6.07) is 10.2. The minimum absolute atomic E-state index is 0.0574. The Hall–Kier alpha value is -2.61. The molecule has 0 saturated carbocycles. The number of amides is 1. The molecule has 1 amide bonds. The number of rotatable bonds is 5. The summed E-state index contributed by atoms with van der Waals surface area (Å²) in [5, 5.41) is -0.525. The maximum atomic E-state index is 12.8. The monoisotopic (exact) mass is 376 g/mol. The zero-order valence-corrected chi connectivity index (χ0v) is 15.4. The molecule has 0 atom stereocenters. The van der Waals surface area contributed by atoms with Crippen molar-refractivity contribution < 1.29 is 17.9 Å². The van der Waals surface area contributed by atoms with E-state index in [9.17, 15) is 18.0 Å². The highest BCUT2D eigenvalue weighted by Gasteiger charge is 2.39. The van der Waals surface area contributed by atoms with E-state index in [2.05, 4.69) is 0 Å². The van der Waals surface area contributed by atoms with Crippen LogP contribution in [0, 0.1) is 0 Å². The van der Waals surface area contributed by atoms with Gasteiger partial charge >= 0.3 is 0 Å². The molecule has 0 radical (unpaired) electrons. The summed E-state index contributed by atoms with van der Waals surface area (Å²) < 4.78 is 30.3. The lowest BCUT2D eigenvalue weighted by Crippen LogP contribution is -2.57. The molecule has 0 bridgehead atoms. The highest BCUT2D eigenvalue weighted by molar-refractivity contribution is 7.92. The highest BCUT2D eigenvalue weighted by atomic mass is 32.2. The number of nitrogens with zero attached hydrogens (tertiary/aromatic N) is 2. The molecule has 0 aliphatic carbocycles. The Bertz CT molecular complexity index is 976. The van der Waals surface area contributed by atoms with Crippen molar-refractivity contribution in [3.8, 4) is 11.4 Å². The summed E-state index contributed by atoms with van der Waals surface area (Å²) in [7, 11) is -1.78. The zero-order valence-electron chi connectivity index (χ0n) is 14.6. The molecule has 0 unspecified atom stereocenters. The first-order valence-electron chi connectivity index (χ1n) is 8.24. The van der Waals surface area contributed by atoms with Crippen LogP contribution in [-0.2, 0) is 9.84 Å². The molecule has 1 aliphatic rings. The minimum atomic E-state index is -3.16. The molecule has 2 aromatic rings. The van der Waals surface area contributed by atoms with Gasteiger partial charge in [0.25, 0.3) is 11.5 Å².